The average Bonchev–Trinajstić information content (AvgIpc) is 2.47. The van der Waals surface area contributed by atoms with E-state index in [1.807, 2.05) is 39.0 Å². The molecule has 23 heavy (non-hydrogen) atoms. The van der Waals surface area contributed by atoms with Crippen molar-refractivity contribution in [3.05, 3.63) is 29.8 Å². The van der Waals surface area contributed by atoms with Gasteiger partial charge in [-0.15, -0.1) is 0 Å². The summed E-state index contributed by atoms with van der Waals surface area (Å²) in [5.41, 5.74) is 1.24. The van der Waals surface area contributed by atoms with E-state index in [4.69, 9.17) is 4.74 Å². The lowest BCUT2D eigenvalue weighted by Crippen LogP contribution is -2.49. The molecule has 1 amide bonds. The first-order valence-electron chi connectivity index (χ1n) is 7.74. The highest BCUT2D eigenvalue weighted by Gasteiger charge is 2.25. The van der Waals surface area contributed by atoms with Crippen LogP contribution in [-0.4, -0.2) is 53.8 Å². The van der Waals surface area contributed by atoms with Gasteiger partial charge in [0.25, 0.3) is 0 Å². The van der Waals surface area contributed by atoms with Crippen molar-refractivity contribution in [2.24, 2.45) is 4.99 Å². The second-order valence-electron chi connectivity index (χ2n) is 6.62. The minimum atomic E-state index is -0.465. The molecule has 0 unspecified atom stereocenters. The third-order valence-corrected chi connectivity index (χ3v) is 3.52. The molecule has 1 aliphatic heterocycles. The number of nitrogens with zero attached hydrogens (tertiary/aromatic N) is 3. The number of carbonyl (C=O) groups excluding carboxylic acids is 2. The third-order valence-electron chi connectivity index (χ3n) is 3.52. The van der Waals surface area contributed by atoms with Crippen molar-refractivity contribution in [3.8, 4) is 0 Å². The molecule has 6 heteroatoms. The van der Waals surface area contributed by atoms with Gasteiger partial charge in [0.05, 0.1) is 5.69 Å². The number of isocyanates is 1. The van der Waals surface area contributed by atoms with Crippen LogP contribution in [0.5, 0.6) is 0 Å². The van der Waals surface area contributed by atoms with Crippen molar-refractivity contribution >= 4 is 17.9 Å². The first-order valence-corrected chi connectivity index (χ1v) is 7.74. The second-order valence-corrected chi connectivity index (χ2v) is 6.62. The van der Waals surface area contributed by atoms with E-state index in [9.17, 15) is 9.59 Å². The number of aliphatic imine (C=N–C) groups is 1. The molecule has 0 N–H and O–H groups in total. The number of hydrogen-bond acceptors (Lipinski definition) is 5. The number of benzene rings is 1. The summed E-state index contributed by atoms with van der Waals surface area (Å²) in [4.78, 5) is 30.0. The predicted molar refractivity (Wildman–Crippen MR) is 87.3 cm³/mol. The Hall–Kier alpha value is -2.17. The maximum absolute atomic E-state index is 12.0. The molecule has 1 heterocycles. The Bertz CT molecular complexity index is 595. The number of hydrogen-bond donors (Lipinski definition) is 0. The minimum Gasteiger partial charge on any atom is -0.444 e. The summed E-state index contributed by atoms with van der Waals surface area (Å²) in [5, 5.41) is 0. The molecule has 124 valence electrons. The Morgan fingerprint density at radius 1 is 1.26 bits per heavy atom. The molecule has 6 nitrogen and oxygen atoms in total. The van der Waals surface area contributed by atoms with Gasteiger partial charge in [0.15, 0.2) is 0 Å². The zero-order valence-electron chi connectivity index (χ0n) is 13.9. The Labute approximate surface area is 136 Å². The highest BCUT2D eigenvalue weighted by atomic mass is 16.6. The number of piperazine rings is 1. The van der Waals surface area contributed by atoms with Gasteiger partial charge in [0, 0.05) is 32.7 Å². The molecule has 1 saturated heterocycles. The molecule has 0 aromatic heterocycles. The first-order chi connectivity index (χ1) is 10.9. The smallest absolute Gasteiger partial charge is 0.410 e. The van der Waals surface area contributed by atoms with Crippen molar-refractivity contribution in [1.29, 1.82) is 0 Å². The van der Waals surface area contributed by atoms with Gasteiger partial charge < -0.3 is 9.64 Å². The lowest BCUT2D eigenvalue weighted by Gasteiger charge is -2.35. The van der Waals surface area contributed by atoms with Crippen LogP contribution in [0, 0.1) is 0 Å². The molecule has 1 aromatic rings. The molecule has 1 fully saturated rings. The van der Waals surface area contributed by atoms with Gasteiger partial charge in [-0.05, 0) is 38.5 Å². The van der Waals surface area contributed by atoms with E-state index in [1.165, 1.54) is 0 Å². The number of ether oxygens (including phenoxy) is 1. The van der Waals surface area contributed by atoms with Crippen LogP contribution in [0.15, 0.2) is 29.3 Å². The van der Waals surface area contributed by atoms with E-state index < -0.39 is 5.60 Å². The predicted octanol–water partition coefficient (Wildman–Crippen LogP) is 2.71. The largest absolute Gasteiger partial charge is 0.444 e. The van der Waals surface area contributed by atoms with Crippen LogP contribution >= 0.6 is 0 Å². The van der Waals surface area contributed by atoms with Gasteiger partial charge in [0.1, 0.15) is 5.60 Å². The summed E-state index contributed by atoms with van der Waals surface area (Å²) in [6, 6.07) is 7.53. The molecular formula is C17H23N3O3. The van der Waals surface area contributed by atoms with Crippen LogP contribution in [0.25, 0.3) is 0 Å². The Balaban J connectivity index is 1.86. The van der Waals surface area contributed by atoms with Crippen LogP contribution in [0.3, 0.4) is 0 Å². The molecule has 0 spiro atoms. The zero-order valence-corrected chi connectivity index (χ0v) is 13.9. The maximum Gasteiger partial charge on any atom is 0.410 e. The molecule has 2 rings (SSSR count). The van der Waals surface area contributed by atoms with Crippen molar-refractivity contribution in [3.63, 3.8) is 0 Å². The maximum atomic E-state index is 12.0. The molecular weight excluding hydrogens is 294 g/mol. The molecule has 1 aromatic carbocycles. The van der Waals surface area contributed by atoms with Crippen LogP contribution < -0.4 is 0 Å². The second kappa shape index (κ2) is 7.40. The van der Waals surface area contributed by atoms with Gasteiger partial charge >= 0.3 is 6.09 Å². The summed E-state index contributed by atoms with van der Waals surface area (Å²) >= 11 is 0. The van der Waals surface area contributed by atoms with Gasteiger partial charge in [-0.3, -0.25) is 4.90 Å². The minimum absolute atomic E-state index is 0.250. The Kier molecular flexibility index (Phi) is 5.53. The lowest BCUT2D eigenvalue weighted by molar-refractivity contribution is 0.0139. The van der Waals surface area contributed by atoms with Crippen LogP contribution in [0.1, 0.15) is 26.3 Å². The molecule has 0 radical (unpaired) electrons. The summed E-state index contributed by atoms with van der Waals surface area (Å²) in [5.74, 6) is 0. The first kappa shape index (κ1) is 17.2. The van der Waals surface area contributed by atoms with Gasteiger partial charge in [0.2, 0.25) is 6.08 Å². The van der Waals surface area contributed by atoms with Crippen molar-refractivity contribution in [2.45, 2.75) is 32.9 Å². The van der Waals surface area contributed by atoms with Gasteiger partial charge in [-0.25, -0.2) is 9.59 Å². The van der Waals surface area contributed by atoms with Gasteiger partial charge in [-0.2, -0.15) is 4.99 Å². The van der Waals surface area contributed by atoms with Crippen LogP contribution in [0.2, 0.25) is 0 Å². The number of carbonyl (C=O) groups is 1. The van der Waals surface area contributed by atoms with E-state index in [1.54, 1.807) is 17.0 Å². The highest BCUT2D eigenvalue weighted by molar-refractivity contribution is 5.68. The third kappa shape index (κ3) is 5.51. The quantitative estimate of drug-likeness (QED) is 0.635. The fourth-order valence-electron chi connectivity index (χ4n) is 2.45. The van der Waals surface area contributed by atoms with Crippen LogP contribution in [-0.2, 0) is 16.1 Å². The summed E-state index contributed by atoms with van der Waals surface area (Å²) in [6.45, 7) is 9.27. The fraction of sp³-hybridized carbons (Fsp3) is 0.529. The standard InChI is InChI=1S/C17H23N3O3/c1-17(2,3)23-16(22)20-9-7-19(8-10-20)12-14-5-4-6-15(11-14)18-13-21/h4-6,11H,7-10,12H2,1-3H3. The molecule has 0 saturated carbocycles. The van der Waals surface area contributed by atoms with E-state index in [2.05, 4.69) is 9.89 Å². The van der Waals surface area contributed by atoms with Crippen molar-refractivity contribution in [2.75, 3.05) is 26.2 Å². The van der Waals surface area contributed by atoms with E-state index in [0.29, 0.717) is 18.8 Å². The van der Waals surface area contributed by atoms with Gasteiger partial charge in [-0.1, -0.05) is 12.1 Å². The monoisotopic (exact) mass is 317 g/mol. The Morgan fingerprint density at radius 3 is 2.57 bits per heavy atom. The van der Waals surface area contributed by atoms with E-state index in [0.717, 1.165) is 25.2 Å². The average molecular weight is 317 g/mol. The molecule has 0 bridgehead atoms. The van der Waals surface area contributed by atoms with E-state index in [-0.39, 0.29) is 6.09 Å². The highest BCUT2D eigenvalue weighted by Crippen LogP contribution is 2.17. The molecule has 1 aliphatic rings. The topological polar surface area (TPSA) is 62.2 Å². The molecule has 0 atom stereocenters. The van der Waals surface area contributed by atoms with Crippen molar-refractivity contribution < 1.29 is 14.3 Å². The lowest BCUT2D eigenvalue weighted by atomic mass is 10.1. The molecule has 0 aliphatic carbocycles. The summed E-state index contributed by atoms with van der Waals surface area (Å²) < 4.78 is 5.39. The SMILES string of the molecule is CC(C)(C)OC(=O)N1CCN(Cc2cccc(N=C=O)c2)CC1. The fourth-order valence-corrected chi connectivity index (χ4v) is 2.45. The summed E-state index contributed by atoms with van der Waals surface area (Å²) in [7, 11) is 0. The van der Waals surface area contributed by atoms with E-state index >= 15 is 0 Å². The van der Waals surface area contributed by atoms with Crippen molar-refractivity contribution in [1.82, 2.24) is 9.80 Å². The number of rotatable bonds is 3. The number of amides is 1. The van der Waals surface area contributed by atoms with Crippen LogP contribution in [0.4, 0.5) is 10.5 Å². The Morgan fingerprint density at radius 2 is 1.96 bits per heavy atom. The summed E-state index contributed by atoms with van der Waals surface area (Å²) in [6.07, 6.45) is 1.30. The normalized spacial score (nSPS) is 15.9. The zero-order chi connectivity index (χ0) is 16.9.